The second-order valence-corrected chi connectivity index (χ2v) is 12.0. The molecule has 0 atom stereocenters. The van der Waals surface area contributed by atoms with Crippen LogP contribution in [-0.2, 0) is 5.41 Å². The first-order valence-corrected chi connectivity index (χ1v) is 15.7. The molecule has 46 heavy (non-hydrogen) atoms. The number of fused-ring (bicyclic) bond motifs is 13. The van der Waals surface area contributed by atoms with Crippen molar-refractivity contribution in [2.24, 2.45) is 0 Å². The fourth-order valence-corrected chi connectivity index (χ4v) is 7.90. The van der Waals surface area contributed by atoms with E-state index in [9.17, 15) is 0 Å². The van der Waals surface area contributed by atoms with Gasteiger partial charge in [-0.3, -0.25) is 0 Å². The highest BCUT2D eigenvalue weighted by Gasteiger charge is 2.51. The molecule has 8 aromatic rings. The second-order valence-electron chi connectivity index (χ2n) is 12.0. The van der Waals surface area contributed by atoms with Crippen LogP contribution in [0.1, 0.15) is 22.3 Å². The predicted molar refractivity (Wildman–Crippen MR) is 186 cm³/mol. The van der Waals surface area contributed by atoms with Gasteiger partial charge >= 0.3 is 0 Å². The highest BCUT2D eigenvalue weighted by atomic mass is 16.5. The molecule has 1 aliphatic heterocycles. The molecule has 1 aliphatic carbocycles. The minimum absolute atomic E-state index is 0.564. The van der Waals surface area contributed by atoms with Crippen LogP contribution in [0.2, 0.25) is 0 Å². The van der Waals surface area contributed by atoms with Crippen LogP contribution in [0.4, 0.5) is 17.1 Å². The third-order valence-electron chi connectivity index (χ3n) is 9.72. The topological polar surface area (TPSA) is 25.6 Å². The highest BCUT2D eigenvalue weighted by Crippen LogP contribution is 2.63. The van der Waals surface area contributed by atoms with Crippen LogP contribution in [0.25, 0.3) is 33.1 Å². The summed E-state index contributed by atoms with van der Waals surface area (Å²) in [5.74, 6) is 1.69. The van der Waals surface area contributed by atoms with Gasteiger partial charge in [0.2, 0.25) is 0 Å². The molecule has 10 rings (SSSR count). The van der Waals surface area contributed by atoms with E-state index >= 15 is 0 Å². The van der Waals surface area contributed by atoms with E-state index in [0.29, 0.717) is 0 Å². The van der Waals surface area contributed by atoms with Crippen molar-refractivity contribution in [3.8, 4) is 22.6 Å². The molecule has 0 unspecified atom stereocenters. The van der Waals surface area contributed by atoms with Gasteiger partial charge in [0, 0.05) is 39.6 Å². The SMILES string of the molecule is c1ccc(N(c2ccccc2)c2ccc3c(c2)Oc2c(ccc4oc5ccccc5c24)C32c3ccccc3-c3ccccc32)cc1. The van der Waals surface area contributed by atoms with Gasteiger partial charge in [0.25, 0.3) is 0 Å². The minimum atomic E-state index is -0.564. The minimum Gasteiger partial charge on any atom is -0.456 e. The van der Waals surface area contributed by atoms with E-state index < -0.39 is 5.41 Å². The smallest absolute Gasteiger partial charge is 0.143 e. The summed E-state index contributed by atoms with van der Waals surface area (Å²) in [6.07, 6.45) is 0. The number of furan rings is 1. The van der Waals surface area contributed by atoms with Crippen molar-refractivity contribution in [2.45, 2.75) is 5.41 Å². The Morgan fingerprint density at radius 1 is 0.435 bits per heavy atom. The van der Waals surface area contributed by atoms with Gasteiger partial charge < -0.3 is 14.1 Å². The summed E-state index contributed by atoms with van der Waals surface area (Å²) in [5, 5.41) is 2.06. The van der Waals surface area contributed by atoms with Crippen LogP contribution in [0, 0.1) is 0 Å². The third-order valence-corrected chi connectivity index (χ3v) is 9.72. The maximum atomic E-state index is 7.15. The number of nitrogens with zero attached hydrogens (tertiary/aromatic N) is 1. The number of rotatable bonds is 3. The molecule has 0 amide bonds. The lowest BCUT2D eigenvalue weighted by atomic mass is 9.66. The zero-order valence-electron chi connectivity index (χ0n) is 24.9. The van der Waals surface area contributed by atoms with Crippen molar-refractivity contribution < 1.29 is 9.15 Å². The standard InChI is InChI=1S/C43H27NO2/c1-3-13-28(14-4-1)44(29-15-5-2-6-16-29)30-23-24-36-40(27-30)46-42-37(25-26-39-41(42)33-19-9-12-22-38(33)45-39)43(36)34-20-10-7-17-31(34)32-18-8-11-21-35(32)43/h1-27H. The number of hydrogen-bond acceptors (Lipinski definition) is 3. The van der Waals surface area contributed by atoms with Crippen LogP contribution in [-0.4, -0.2) is 0 Å². The Morgan fingerprint density at radius 2 is 1.02 bits per heavy atom. The molecule has 0 saturated heterocycles. The quantitative estimate of drug-likeness (QED) is 0.205. The summed E-state index contributed by atoms with van der Waals surface area (Å²) in [5.41, 5.74) is 11.6. The number of para-hydroxylation sites is 3. The average molecular weight is 590 g/mol. The van der Waals surface area contributed by atoms with Crippen LogP contribution in [0.5, 0.6) is 11.5 Å². The molecule has 1 aromatic heterocycles. The molecule has 0 fully saturated rings. The molecule has 3 heteroatoms. The van der Waals surface area contributed by atoms with Gasteiger partial charge in [0.15, 0.2) is 0 Å². The lowest BCUT2D eigenvalue weighted by Gasteiger charge is -2.40. The molecule has 0 N–H and O–H groups in total. The Morgan fingerprint density at radius 3 is 1.72 bits per heavy atom. The Balaban J connectivity index is 1.31. The summed E-state index contributed by atoms with van der Waals surface area (Å²) in [6, 6.07) is 58.0. The van der Waals surface area contributed by atoms with Crippen molar-refractivity contribution in [2.75, 3.05) is 4.90 Å². The fraction of sp³-hybridized carbons (Fsp3) is 0.0233. The van der Waals surface area contributed by atoms with E-state index in [1.54, 1.807) is 0 Å². The van der Waals surface area contributed by atoms with E-state index in [4.69, 9.17) is 9.15 Å². The van der Waals surface area contributed by atoms with E-state index in [0.717, 1.165) is 61.6 Å². The zero-order chi connectivity index (χ0) is 30.2. The first kappa shape index (κ1) is 25.3. The first-order chi connectivity index (χ1) is 22.8. The summed E-state index contributed by atoms with van der Waals surface area (Å²) in [6.45, 7) is 0. The van der Waals surface area contributed by atoms with Crippen molar-refractivity contribution in [3.63, 3.8) is 0 Å². The molecule has 0 radical (unpaired) electrons. The maximum Gasteiger partial charge on any atom is 0.143 e. The Hall–Kier alpha value is -6.06. The third kappa shape index (κ3) is 3.32. The van der Waals surface area contributed by atoms with Crippen molar-refractivity contribution in [1.82, 2.24) is 0 Å². The fourth-order valence-electron chi connectivity index (χ4n) is 7.90. The van der Waals surface area contributed by atoms with Gasteiger partial charge in [0.05, 0.1) is 10.8 Å². The number of anilines is 3. The number of benzene rings is 7. The molecular formula is C43H27NO2. The molecule has 3 nitrogen and oxygen atoms in total. The van der Waals surface area contributed by atoms with Crippen molar-refractivity contribution in [3.05, 3.63) is 186 Å². The summed E-state index contributed by atoms with van der Waals surface area (Å²) in [4.78, 5) is 2.29. The van der Waals surface area contributed by atoms with E-state index in [2.05, 4.69) is 157 Å². The lowest BCUT2D eigenvalue weighted by Crippen LogP contribution is -2.32. The molecule has 1 spiro atoms. The molecule has 0 bridgehead atoms. The maximum absolute atomic E-state index is 7.15. The van der Waals surface area contributed by atoms with Crippen LogP contribution < -0.4 is 9.64 Å². The molecule has 216 valence electrons. The van der Waals surface area contributed by atoms with Gasteiger partial charge in [-0.2, -0.15) is 0 Å². The number of ether oxygens (including phenoxy) is 1. The number of hydrogen-bond donors (Lipinski definition) is 0. The molecular weight excluding hydrogens is 562 g/mol. The van der Waals surface area contributed by atoms with Gasteiger partial charge in [-0.15, -0.1) is 0 Å². The normalized spacial score (nSPS) is 13.6. The van der Waals surface area contributed by atoms with Gasteiger partial charge in [0.1, 0.15) is 22.7 Å². The van der Waals surface area contributed by atoms with Crippen LogP contribution >= 0.6 is 0 Å². The molecule has 2 aliphatic rings. The Labute approximate surface area is 266 Å². The molecule has 0 saturated carbocycles. The monoisotopic (exact) mass is 589 g/mol. The van der Waals surface area contributed by atoms with E-state index in [1.165, 1.54) is 22.3 Å². The molecule has 7 aromatic carbocycles. The largest absolute Gasteiger partial charge is 0.456 e. The van der Waals surface area contributed by atoms with Gasteiger partial charge in [-0.25, -0.2) is 0 Å². The zero-order valence-corrected chi connectivity index (χ0v) is 24.9. The van der Waals surface area contributed by atoms with Gasteiger partial charge in [-0.1, -0.05) is 109 Å². The lowest BCUT2D eigenvalue weighted by molar-refractivity contribution is 0.441. The summed E-state index contributed by atoms with van der Waals surface area (Å²) >= 11 is 0. The summed E-state index contributed by atoms with van der Waals surface area (Å²) in [7, 11) is 0. The average Bonchev–Trinajstić information content (AvgIpc) is 3.64. The van der Waals surface area contributed by atoms with Crippen molar-refractivity contribution in [1.29, 1.82) is 0 Å². The van der Waals surface area contributed by atoms with E-state index in [-0.39, 0.29) is 0 Å². The van der Waals surface area contributed by atoms with Crippen molar-refractivity contribution >= 4 is 39.0 Å². The Bertz CT molecular complexity index is 2370. The summed E-state index contributed by atoms with van der Waals surface area (Å²) < 4.78 is 13.5. The van der Waals surface area contributed by atoms with Crippen LogP contribution in [0.3, 0.4) is 0 Å². The Kier molecular flexibility index (Phi) is 5.20. The highest BCUT2D eigenvalue weighted by molar-refractivity contribution is 6.10. The molecule has 2 heterocycles. The van der Waals surface area contributed by atoms with Gasteiger partial charge in [-0.05, 0) is 70.8 Å². The second kappa shape index (κ2) is 9.47. The van der Waals surface area contributed by atoms with Crippen LogP contribution in [0.15, 0.2) is 168 Å². The first-order valence-electron chi connectivity index (χ1n) is 15.7. The predicted octanol–water partition coefficient (Wildman–Crippen LogP) is 11.5. The van der Waals surface area contributed by atoms with E-state index in [1.807, 2.05) is 12.1 Å².